The second-order valence-electron chi connectivity index (χ2n) is 7.82. The maximum absolute atomic E-state index is 14.4. The highest BCUT2D eigenvalue weighted by Gasteiger charge is 2.41. The highest BCUT2D eigenvalue weighted by atomic mass is 32.2. The van der Waals surface area contributed by atoms with Gasteiger partial charge in [-0.3, -0.25) is 9.40 Å². The van der Waals surface area contributed by atoms with E-state index in [9.17, 15) is 21.6 Å². The quantitative estimate of drug-likeness (QED) is 0.351. The minimum Gasteiger partial charge on any atom is -0.496 e. The Morgan fingerprint density at radius 3 is 2.17 bits per heavy atom. The van der Waals surface area contributed by atoms with Crippen LogP contribution in [0, 0.1) is 6.92 Å². The molecule has 35 heavy (non-hydrogen) atoms. The zero-order valence-electron chi connectivity index (χ0n) is 18.9. The third-order valence-electron chi connectivity index (χ3n) is 5.36. The molecule has 0 aliphatic carbocycles. The predicted molar refractivity (Wildman–Crippen MR) is 127 cm³/mol. The summed E-state index contributed by atoms with van der Waals surface area (Å²) in [6.07, 6.45) is -4.82. The normalized spacial score (nSPS) is 11.9. The number of hydrogen-bond acceptors (Lipinski definition) is 4. The smallest absolute Gasteiger partial charge is 0.433 e. The standard InChI is InChI=1S/C25H22F3N3O3S/c1-17-15-19(13-14-21(17)34-2)22-23(25(26,27)28)31(16-18-9-5-3-6-10-18)29-24(22)30-35(32,33)20-11-7-4-8-12-20/h3-15H,16H2,1-2H3,(H,29,30). The summed E-state index contributed by atoms with van der Waals surface area (Å²) in [4.78, 5) is -0.0944. The Kier molecular flexibility index (Phi) is 6.58. The lowest BCUT2D eigenvalue weighted by Crippen LogP contribution is -2.16. The lowest BCUT2D eigenvalue weighted by molar-refractivity contribution is -0.143. The molecule has 10 heteroatoms. The lowest BCUT2D eigenvalue weighted by atomic mass is 10.0. The molecule has 0 aliphatic rings. The van der Waals surface area contributed by atoms with E-state index in [0.717, 1.165) is 4.68 Å². The fourth-order valence-electron chi connectivity index (χ4n) is 3.79. The van der Waals surface area contributed by atoms with Crippen LogP contribution in [0.1, 0.15) is 16.8 Å². The number of sulfonamides is 1. The van der Waals surface area contributed by atoms with Crippen molar-refractivity contribution in [3.05, 3.63) is 95.7 Å². The molecule has 0 saturated heterocycles. The molecule has 1 N–H and O–H groups in total. The van der Waals surface area contributed by atoms with Crippen LogP contribution in [0.4, 0.5) is 19.0 Å². The van der Waals surface area contributed by atoms with Crippen molar-refractivity contribution in [2.24, 2.45) is 0 Å². The summed E-state index contributed by atoms with van der Waals surface area (Å²) in [5.74, 6) is 0.0760. The molecule has 0 bridgehead atoms. The number of aromatic nitrogens is 2. The molecule has 6 nitrogen and oxygen atoms in total. The number of halogens is 3. The van der Waals surface area contributed by atoms with Crippen LogP contribution in [0.3, 0.4) is 0 Å². The molecule has 4 aromatic rings. The molecule has 0 radical (unpaired) electrons. The van der Waals surface area contributed by atoms with Gasteiger partial charge in [0.15, 0.2) is 11.5 Å². The number of hydrogen-bond donors (Lipinski definition) is 1. The Morgan fingerprint density at radius 1 is 0.971 bits per heavy atom. The van der Waals surface area contributed by atoms with E-state index in [0.29, 0.717) is 16.9 Å². The first-order valence-corrected chi connectivity index (χ1v) is 12.0. The number of ether oxygens (including phenoxy) is 1. The van der Waals surface area contributed by atoms with Gasteiger partial charge in [-0.25, -0.2) is 8.42 Å². The van der Waals surface area contributed by atoms with Crippen molar-refractivity contribution in [2.45, 2.75) is 24.5 Å². The average molecular weight is 502 g/mol. The SMILES string of the molecule is COc1ccc(-c2c(NS(=O)(=O)c3ccccc3)nn(Cc3ccccc3)c2C(F)(F)F)cc1C. The maximum atomic E-state index is 14.4. The van der Waals surface area contributed by atoms with Crippen molar-refractivity contribution in [2.75, 3.05) is 11.8 Å². The van der Waals surface area contributed by atoms with Gasteiger partial charge in [-0.2, -0.15) is 18.3 Å². The van der Waals surface area contributed by atoms with Gasteiger partial charge in [0.05, 0.1) is 24.1 Å². The van der Waals surface area contributed by atoms with Crippen molar-refractivity contribution < 1.29 is 26.3 Å². The Labute approximate surface area is 201 Å². The second-order valence-corrected chi connectivity index (χ2v) is 9.50. The predicted octanol–water partition coefficient (Wildman–Crippen LogP) is 5.74. The van der Waals surface area contributed by atoms with Crippen molar-refractivity contribution in [1.82, 2.24) is 9.78 Å². The van der Waals surface area contributed by atoms with E-state index in [1.165, 1.54) is 49.6 Å². The number of nitrogens with one attached hydrogen (secondary N) is 1. The topological polar surface area (TPSA) is 73.2 Å². The first-order valence-electron chi connectivity index (χ1n) is 10.5. The summed E-state index contributed by atoms with van der Waals surface area (Å²) in [7, 11) is -2.75. The van der Waals surface area contributed by atoms with Crippen molar-refractivity contribution in [3.63, 3.8) is 0 Å². The number of alkyl halides is 3. The number of nitrogens with zero attached hydrogens (tertiary/aromatic N) is 2. The fourth-order valence-corrected chi connectivity index (χ4v) is 4.82. The van der Waals surface area contributed by atoms with E-state index < -0.39 is 27.7 Å². The molecular weight excluding hydrogens is 479 g/mol. The van der Waals surface area contributed by atoms with Gasteiger partial charge in [0.1, 0.15) is 5.75 Å². The zero-order chi connectivity index (χ0) is 25.2. The van der Waals surface area contributed by atoms with E-state index in [-0.39, 0.29) is 22.6 Å². The Bertz CT molecular complexity index is 1440. The molecule has 0 spiro atoms. The van der Waals surface area contributed by atoms with Gasteiger partial charge < -0.3 is 4.74 Å². The summed E-state index contributed by atoms with van der Waals surface area (Å²) in [5, 5.41) is 4.11. The Balaban J connectivity index is 1.94. The molecule has 0 unspecified atom stereocenters. The minimum absolute atomic E-state index is 0.0944. The van der Waals surface area contributed by atoms with Crippen LogP contribution in [0.15, 0.2) is 83.8 Å². The molecule has 4 rings (SSSR count). The fraction of sp³-hybridized carbons (Fsp3) is 0.160. The van der Waals surface area contributed by atoms with Gasteiger partial charge in [0.2, 0.25) is 0 Å². The summed E-state index contributed by atoms with van der Waals surface area (Å²) in [6.45, 7) is 1.49. The Hall–Kier alpha value is -3.79. The number of methoxy groups -OCH3 is 1. The van der Waals surface area contributed by atoms with Crippen LogP contribution in [-0.4, -0.2) is 25.3 Å². The average Bonchev–Trinajstić information content (AvgIpc) is 3.17. The summed E-state index contributed by atoms with van der Waals surface area (Å²) >= 11 is 0. The van der Waals surface area contributed by atoms with E-state index >= 15 is 0 Å². The zero-order valence-corrected chi connectivity index (χ0v) is 19.7. The third kappa shape index (κ3) is 5.17. The first kappa shape index (κ1) is 24.3. The highest BCUT2D eigenvalue weighted by molar-refractivity contribution is 7.92. The molecule has 1 aromatic heterocycles. The van der Waals surface area contributed by atoms with Crippen LogP contribution in [-0.2, 0) is 22.7 Å². The third-order valence-corrected chi connectivity index (χ3v) is 6.72. The second kappa shape index (κ2) is 9.46. The maximum Gasteiger partial charge on any atom is 0.433 e. The van der Waals surface area contributed by atoms with Crippen molar-refractivity contribution >= 4 is 15.8 Å². The van der Waals surface area contributed by atoms with Crippen LogP contribution in [0.2, 0.25) is 0 Å². The van der Waals surface area contributed by atoms with Gasteiger partial charge in [0, 0.05) is 0 Å². The number of aryl methyl sites for hydroxylation is 1. The lowest BCUT2D eigenvalue weighted by Gasteiger charge is -2.14. The van der Waals surface area contributed by atoms with Gasteiger partial charge in [-0.05, 0) is 47.9 Å². The van der Waals surface area contributed by atoms with Crippen LogP contribution in [0.25, 0.3) is 11.1 Å². The van der Waals surface area contributed by atoms with E-state index in [1.807, 2.05) is 0 Å². The summed E-state index contributed by atoms with van der Waals surface area (Å²) in [5.41, 5.74) is -0.0997. The molecule has 3 aromatic carbocycles. The van der Waals surface area contributed by atoms with Gasteiger partial charge in [-0.1, -0.05) is 54.6 Å². The van der Waals surface area contributed by atoms with Crippen LogP contribution < -0.4 is 9.46 Å². The monoisotopic (exact) mass is 501 g/mol. The molecule has 0 aliphatic heterocycles. The van der Waals surface area contributed by atoms with Crippen LogP contribution in [0.5, 0.6) is 5.75 Å². The summed E-state index contributed by atoms with van der Waals surface area (Å²) < 4.78 is 77.7. The molecule has 1 heterocycles. The number of anilines is 1. The molecule has 0 saturated carbocycles. The minimum atomic E-state index is -4.82. The molecule has 182 valence electrons. The van der Waals surface area contributed by atoms with E-state index in [4.69, 9.17) is 4.74 Å². The van der Waals surface area contributed by atoms with Gasteiger partial charge in [0.25, 0.3) is 10.0 Å². The Morgan fingerprint density at radius 2 is 1.60 bits per heavy atom. The summed E-state index contributed by atoms with van der Waals surface area (Å²) in [6, 6.07) is 20.4. The highest BCUT2D eigenvalue weighted by Crippen LogP contribution is 2.43. The number of rotatable bonds is 7. The van der Waals surface area contributed by atoms with Gasteiger partial charge in [-0.15, -0.1) is 0 Å². The largest absolute Gasteiger partial charge is 0.496 e. The van der Waals surface area contributed by atoms with Crippen molar-refractivity contribution in [3.8, 4) is 16.9 Å². The molecule has 0 amide bonds. The molecule has 0 fully saturated rings. The van der Waals surface area contributed by atoms with Crippen molar-refractivity contribution in [1.29, 1.82) is 0 Å². The number of benzene rings is 3. The van der Waals surface area contributed by atoms with E-state index in [2.05, 4.69) is 9.82 Å². The van der Waals surface area contributed by atoms with Crippen LogP contribution >= 0.6 is 0 Å². The molecular formula is C25H22F3N3O3S. The first-order chi connectivity index (χ1) is 16.6. The molecule has 0 atom stereocenters. The van der Waals surface area contributed by atoms with Gasteiger partial charge >= 0.3 is 6.18 Å². The van der Waals surface area contributed by atoms with E-state index in [1.54, 1.807) is 43.3 Å².